The average molecular weight is 286 g/mol. The summed E-state index contributed by atoms with van der Waals surface area (Å²) in [5, 5.41) is 12.6. The fourth-order valence-corrected chi connectivity index (χ4v) is 2.93. The Balaban J connectivity index is 2.26. The van der Waals surface area contributed by atoms with E-state index in [1.165, 1.54) is 0 Å². The lowest BCUT2D eigenvalue weighted by Gasteiger charge is -2.04. The highest BCUT2D eigenvalue weighted by molar-refractivity contribution is 7.92. The molecule has 0 saturated carbocycles. The van der Waals surface area contributed by atoms with E-state index in [2.05, 4.69) is 30.1 Å². The fourth-order valence-electron chi connectivity index (χ4n) is 1.60. The summed E-state index contributed by atoms with van der Waals surface area (Å²) in [4.78, 5) is 3.94. The molecule has 0 spiro atoms. The Labute approximate surface area is 109 Å². The molecule has 0 radical (unpaired) electrons. The predicted octanol–water partition coefficient (Wildman–Crippen LogP) is 0.344. The van der Waals surface area contributed by atoms with Crippen LogP contribution >= 0.6 is 0 Å². The first-order valence-electron chi connectivity index (χ1n) is 5.53. The fraction of sp³-hybridized carbons (Fsp3) is 0.444. The number of hydrogen-bond donors (Lipinski definition) is 3. The number of ether oxygens (including phenoxy) is 1. The molecule has 0 bridgehead atoms. The van der Waals surface area contributed by atoms with E-state index < -0.39 is 10.0 Å². The van der Waals surface area contributed by atoms with E-state index in [4.69, 9.17) is 4.74 Å². The van der Waals surface area contributed by atoms with Gasteiger partial charge in [-0.1, -0.05) is 0 Å². The molecule has 2 heterocycles. The molecular weight excluding hydrogens is 272 g/mol. The maximum atomic E-state index is 12.2. The molecule has 0 amide bonds. The van der Waals surface area contributed by atoms with E-state index in [1.807, 2.05) is 0 Å². The topological polar surface area (TPSA) is 126 Å². The van der Waals surface area contributed by atoms with Crippen LogP contribution in [-0.4, -0.2) is 40.4 Å². The first-order chi connectivity index (χ1) is 8.94. The van der Waals surface area contributed by atoms with Crippen molar-refractivity contribution in [3.63, 3.8) is 0 Å². The Kier molecular flexibility index (Phi) is 3.42. The molecule has 3 N–H and O–H groups in total. The Morgan fingerprint density at radius 2 is 2.00 bits per heavy atom. The number of hydrogen-bond acceptors (Lipinski definition) is 6. The molecule has 0 saturated heterocycles. The molecule has 10 heteroatoms. The number of aromatic amines is 2. The van der Waals surface area contributed by atoms with Crippen LogP contribution in [-0.2, 0) is 10.0 Å². The van der Waals surface area contributed by atoms with Gasteiger partial charge < -0.3 is 4.74 Å². The predicted molar refractivity (Wildman–Crippen MR) is 66.4 cm³/mol. The minimum Gasteiger partial charge on any atom is -0.463 e. The number of H-pyrrole nitrogens is 2. The summed E-state index contributed by atoms with van der Waals surface area (Å²) in [5.74, 6) is -0.0107. The van der Waals surface area contributed by atoms with Crippen molar-refractivity contribution in [2.75, 3.05) is 11.3 Å². The molecule has 2 aromatic rings. The van der Waals surface area contributed by atoms with Crippen LogP contribution in [0.5, 0.6) is 6.01 Å². The summed E-state index contributed by atoms with van der Waals surface area (Å²) in [6, 6.07) is 0.0841. The van der Waals surface area contributed by atoms with Crippen molar-refractivity contribution in [2.45, 2.75) is 25.7 Å². The molecule has 0 fully saturated rings. The van der Waals surface area contributed by atoms with Crippen LogP contribution in [0.25, 0.3) is 0 Å². The zero-order valence-corrected chi connectivity index (χ0v) is 11.5. The first-order valence-corrected chi connectivity index (χ1v) is 7.02. The molecule has 0 atom stereocenters. The third-order valence-corrected chi connectivity index (χ3v) is 3.90. The van der Waals surface area contributed by atoms with Crippen molar-refractivity contribution in [2.24, 2.45) is 0 Å². The van der Waals surface area contributed by atoms with Crippen molar-refractivity contribution in [3.05, 3.63) is 11.4 Å². The van der Waals surface area contributed by atoms with E-state index in [9.17, 15) is 8.42 Å². The van der Waals surface area contributed by atoms with Crippen molar-refractivity contribution in [1.82, 2.24) is 25.4 Å². The van der Waals surface area contributed by atoms with Gasteiger partial charge in [0.05, 0.1) is 18.0 Å². The van der Waals surface area contributed by atoms with E-state index in [0.717, 1.165) is 0 Å². The second-order valence-electron chi connectivity index (χ2n) is 3.77. The maximum Gasteiger partial charge on any atom is 0.337 e. The average Bonchev–Trinajstić information content (AvgIpc) is 2.86. The van der Waals surface area contributed by atoms with E-state index in [0.29, 0.717) is 18.0 Å². The largest absolute Gasteiger partial charge is 0.463 e. The van der Waals surface area contributed by atoms with E-state index in [-0.39, 0.29) is 16.9 Å². The number of nitrogens with zero attached hydrogens (tertiary/aromatic N) is 3. The SMILES string of the molecule is CCOc1n[nH]c(NS(=O)(=O)c2c(C)n[nH]c2C)n1. The third kappa shape index (κ3) is 2.67. The van der Waals surface area contributed by atoms with Gasteiger partial charge in [-0.15, -0.1) is 5.10 Å². The highest BCUT2D eigenvalue weighted by Gasteiger charge is 2.23. The van der Waals surface area contributed by atoms with Crippen molar-refractivity contribution < 1.29 is 13.2 Å². The van der Waals surface area contributed by atoms with E-state index in [1.54, 1.807) is 20.8 Å². The van der Waals surface area contributed by atoms with Gasteiger partial charge in [0.1, 0.15) is 4.90 Å². The Bertz CT molecular complexity index is 654. The number of aromatic nitrogens is 5. The molecule has 2 aromatic heterocycles. The molecule has 19 heavy (non-hydrogen) atoms. The van der Waals surface area contributed by atoms with Crippen LogP contribution in [0, 0.1) is 13.8 Å². The smallest absolute Gasteiger partial charge is 0.337 e. The van der Waals surface area contributed by atoms with Crippen LogP contribution in [0.15, 0.2) is 4.90 Å². The van der Waals surface area contributed by atoms with Gasteiger partial charge in [-0.2, -0.15) is 10.1 Å². The maximum absolute atomic E-state index is 12.2. The monoisotopic (exact) mass is 286 g/mol. The minimum atomic E-state index is -3.77. The normalized spacial score (nSPS) is 11.5. The summed E-state index contributed by atoms with van der Waals surface area (Å²) in [7, 11) is -3.77. The summed E-state index contributed by atoms with van der Waals surface area (Å²) in [6.45, 7) is 5.40. The summed E-state index contributed by atoms with van der Waals surface area (Å²) in [5.41, 5.74) is 0.837. The minimum absolute atomic E-state index is 0.0107. The van der Waals surface area contributed by atoms with Crippen molar-refractivity contribution in [3.8, 4) is 6.01 Å². The Morgan fingerprint density at radius 3 is 2.58 bits per heavy atom. The molecule has 0 aliphatic carbocycles. The molecule has 2 rings (SSSR count). The van der Waals surface area contributed by atoms with Crippen LogP contribution < -0.4 is 9.46 Å². The zero-order valence-electron chi connectivity index (χ0n) is 10.7. The lowest BCUT2D eigenvalue weighted by molar-refractivity contribution is 0.314. The number of aryl methyl sites for hydroxylation is 2. The lowest BCUT2D eigenvalue weighted by Crippen LogP contribution is -2.15. The molecule has 0 aromatic carbocycles. The van der Waals surface area contributed by atoms with Gasteiger partial charge in [-0.3, -0.25) is 5.10 Å². The highest BCUT2D eigenvalue weighted by atomic mass is 32.2. The lowest BCUT2D eigenvalue weighted by atomic mass is 10.4. The Hall–Kier alpha value is -2.10. The number of rotatable bonds is 5. The first kappa shape index (κ1) is 13.3. The second-order valence-corrected chi connectivity index (χ2v) is 5.39. The van der Waals surface area contributed by atoms with Gasteiger partial charge in [0, 0.05) is 0 Å². The summed E-state index contributed by atoms with van der Waals surface area (Å²) < 4.78 is 31.7. The highest BCUT2D eigenvalue weighted by Crippen LogP contribution is 2.19. The number of sulfonamides is 1. The van der Waals surface area contributed by atoms with Crippen LogP contribution in [0.4, 0.5) is 5.95 Å². The standard InChI is InChI=1S/C9H14N6O3S/c1-4-18-9-10-8(13-14-9)15-19(16,17)7-5(2)11-12-6(7)3/h4H2,1-3H3,(H,11,12)(H2,10,13,14,15). The van der Waals surface area contributed by atoms with Gasteiger partial charge >= 0.3 is 6.01 Å². The van der Waals surface area contributed by atoms with Crippen molar-refractivity contribution in [1.29, 1.82) is 0 Å². The quantitative estimate of drug-likeness (QED) is 0.728. The van der Waals surface area contributed by atoms with Gasteiger partial charge in [-0.25, -0.2) is 18.2 Å². The molecule has 9 nitrogen and oxygen atoms in total. The molecule has 0 aliphatic rings. The third-order valence-electron chi connectivity index (χ3n) is 2.30. The van der Waals surface area contributed by atoms with Crippen LogP contribution in [0.1, 0.15) is 18.3 Å². The second kappa shape index (κ2) is 4.88. The van der Waals surface area contributed by atoms with Gasteiger partial charge in [-0.05, 0) is 20.8 Å². The van der Waals surface area contributed by atoms with Crippen LogP contribution in [0.3, 0.4) is 0 Å². The Morgan fingerprint density at radius 1 is 1.26 bits per heavy atom. The molecule has 0 aliphatic heterocycles. The number of nitrogens with one attached hydrogen (secondary N) is 3. The van der Waals surface area contributed by atoms with Gasteiger partial charge in [0.15, 0.2) is 0 Å². The van der Waals surface area contributed by atoms with Crippen molar-refractivity contribution >= 4 is 16.0 Å². The molecule has 104 valence electrons. The zero-order chi connectivity index (χ0) is 14.0. The molecule has 0 unspecified atom stereocenters. The van der Waals surface area contributed by atoms with E-state index >= 15 is 0 Å². The van der Waals surface area contributed by atoms with Gasteiger partial charge in [0.2, 0.25) is 5.95 Å². The van der Waals surface area contributed by atoms with Gasteiger partial charge in [0.25, 0.3) is 10.0 Å². The summed E-state index contributed by atoms with van der Waals surface area (Å²) >= 11 is 0. The summed E-state index contributed by atoms with van der Waals surface area (Å²) in [6.07, 6.45) is 0. The van der Waals surface area contributed by atoms with Crippen LogP contribution in [0.2, 0.25) is 0 Å². The number of anilines is 1. The molecular formula is C9H14N6O3S.